The topological polar surface area (TPSA) is 35.6 Å². The molecule has 1 unspecified atom stereocenters. The maximum Gasteiger partial charge on any atom is 0.237 e. The van der Waals surface area contributed by atoms with Crippen LogP contribution in [0.2, 0.25) is 0 Å². The van der Waals surface area contributed by atoms with Gasteiger partial charge in [-0.2, -0.15) is 0 Å². The number of piperazine rings is 1. The summed E-state index contributed by atoms with van der Waals surface area (Å²) in [5, 5.41) is 3.19. The van der Waals surface area contributed by atoms with E-state index in [1.807, 2.05) is 19.1 Å². The molecular weight excluding hydrogens is 305 g/mol. The Hall–Kier alpha value is -1.46. The van der Waals surface area contributed by atoms with Crippen LogP contribution in [0.5, 0.6) is 0 Å². The van der Waals surface area contributed by atoms with Crippen LogP contribution >= 0.6 is 0 Å². The highest BCUT2D eigenvalue weighted by atomic mass is 19.1. The third-order valence-corrected chi connectivity index (χ3v) is 5.61. The minimum absolute atomic E-state index is 0.00899. The van der Waals surface area contributed by atoms with E-state index in [9.17, 15) is 9.18 Å². The van der Waals surface area contributed by atoms with Crippen LogP contribution in [0.3, 0.4) is 0 Å². The summed E-state index contributed by atoms with van der Waals surface area (Å²) in [6.07, 6.45) is 1.60. The molecule has 132 valence electrons. The molecule has 1 saturated carbocycles. The summed E-state index contributed by atoms with van der Waals surface area (Å²) in [7, 11) is 2.10. The molecule has 1 heterocycles. The number of hydrogen-bond acceptors (Lipinski definition) is 3. The second-order valence-corrected chi connectivity index (χ2v) is 7.58. The Kier molecular flexibility index (Phi) is 4.92. The molecule has 1 aliphatic heterocycles. The number of carbonyl (C=O) groups is 1. The number of halogens is 1. The molecule has 0 radical (unpaired) electrons. The number of nitrogens with one attached hydrogen (secondary N) is 1. The van der Waals surface area contributed by atoms with Crippen molar-refractivity contribution in [2.24, 2.45) is 5.92 Å². The van der Waals surface area contributed by atoms with Crippen LogP contribution in [0.4, 0.5) is 4.39 Å². The first-order valence-corrected chi connectivity index (χ1v) is 8.91. The summed E-state index contributed by atoms with van der Waals surface area (Å²) in [5.41, 5.74) is 0.0879. The van der Waals surface area contributed by atoms with Gasteiger partial charge < -0.3 is 10.2 Å². The Labute approximate surface area is 144 Å². The molecular formula is C19H28FN3O. The minimum atomic E-state index is -0.539. The maximum absolute atomic E-state index is 14.3. The van der Waals surface area contributed by atoms with Crippen LogP contribution in [-0.4, -0.2) is 55.0 Å². The highest BCUT2D eigenvalue weighted by Crippen LogP contribution is 2.46. The molecule has 0 spiro atoms. The van der Waals surface area contributed by atoms with Gasteiger partial charge in [-0.25, -0.2) is 4.39 Å². The number of amides is 1. The molecule has 1 saturated heterocycles. The molecule has 5 heteroatoms. The first-order valence-electron chi connectivity index (χ1n) is 8.91. The Morgan fingerprint density at radius 2 is 1.88 bits per heavy atom. The van der Waals surface area contributed by atoms with E-state index in [4.69, 9.17) is 0 Å². The predicted molar refractivity (Wildman–Crippen MR) is 93.2 cm³/mol. The van der Waals surface area contributed by atoms with Gasteiger partial charge >= 0.3 is 0 Å². The molecule has 1 atom stereocenters. The van der Waals surface area contributed by atoms with Crippen LogP contribution in [0.25, 0.3) is 0 Å². The Bertz CT molecular complexity index is 592. The fraction of sp³-hybridized carbons (Fsp3) is 0.632. The van der Waals surface area contributed by atoms with Crippen LogP contribution in [-0.2, 0) is 10.3 Å². The first-order chi connectivity index (χ1) is 11.4. The molecule has 1 N–H and O–H groups in total. The standard InChI is InChI=1S/C19H28FN3O/c1-14-12-19(13-14,16-6-4-5-7-17(16)20)21-18(24)15(2)23-10-8-22(3)9-11-23/h4-7,14-15H,8-13H2,1-3H3,(H,21,24). The van der Waals surface area contributed by atoms with Gasteiger partial charge in [0.05, 0.1) is 11.6 Å². The highest BCUT2D eigenvalue weighted by Gasteiger charge is 2.46. The van der Waals surface area contributed by atoms with Gasteiger partial charge in [0, 0.05) is 31.7 Å². The van der Waals surface area contributed by atoms with E-state index < -0.39 is 5.54 Å². The predicted octanol–water partition coefficient (Wildman–Crippen LogP) is 2.20. The van der Waals surface area contributed by atoms with E-state index in [-0.39, 0.29) is 17.8 Å². The lowest BCUT2D eigenvalue weighted by molar-refractivity contribution is -0.130. The van der Waals surface area contributed by atoms with Crippen molar-refractivity contribution in [2.75, 3.05) is 33.2 Å². The molecule has 2 fully saturated rings. The minimum Gasteiger partial charge on any atom is -0.345 e. The molecule has 1 aromatic rings. The Morgan fingerprint density at radius 1 is 1.25 bits per heavy atom. The lowest BCUT2D eigenvalue weighted by Gasteiger charge is -2.48. The molecule has 2 aliphatic rings. The van der Waals surface area contributed by atoms with Crippen molar-refractivity contribution in [1.29, 1.82) is 0 Å². The van der Waals surface area contributed by atoms with Gasteiger partial charge in [-0.15, -0.1) is 0 Å². The van der Waals surface area contributed by atoms with E-state index in [2.05, 4.69) is 29.1 Å². The molecule has 1 aliphatic carbocycles. The van der Waals surface area contributed by atoms with Gasteiger partial charge in [0.15, 0.2) is 0 Å². The Balaban J connectivity index is 1.72. The zero-order valence-corrected chi connectivity index (χ0v) is 14.9. The fourth-order valence-electron chi connectivity index (χ4n) is 4.08. The zero-order chi connectivity index (χ0) is 17.3. The molecule has 1 aromatic carbocycles. The number of nitrogens with zero attached hydrogens (tertiary/aromatic N) is 2. The quantitative estimate of drug-likeness (QED) is 0.918. The average molecular weight is 333 g/mol. The second kappa shape index (κ2) is 6.81. The van der Waals surface area contributed by atoms with Crippen LogP contribution in [0.1, 0.15) is 32.3 Å². The second-order valence-electron chi connectivity index (χ2n) is 7.58. The van der Waals surface area contributed by atoms with Gasteiger partial charge in [-0.3, -0.25) is 9.69 Å². The SMILES string of the molecule is CC1CC(NC(=O)C(C)N2CCN(C)CC2)(c2ccccc2F)C1. The largest absolute Gasteiger partial charge is 0.345 e. The van der Waals surface area contributed by atoms with Crippen molar-refractivity contribution in [3.63, 3.8) is 0 Å². The summed E-state index contributed by atoms with van der Waals surface area (Å²) < 4.78 is 14.3. The van der Waals surface area contributed by atoms with Crippen molar-refractivity contribution in [3.8, 4) is 0 Å². The number of likely N-dealkylation sites (N-methyl/N-ethyl adjacent to an activating group) is 1. The molecule has 1 amide bonds. The van der Waals surface area contributed by atoms with E-state index in [0.29, 0.717) is 11.5 Å². The number of hydrogen-bond donors (Lipinski definition) is 1. The maximum atomic E-state index is 14.3. The van der Waals surface area contributed by atoms with Gasteiger partial charge in [0.1, 0.15) is 5.82 Å². The van der Waals surface area contributed by atoms with Crippen molar-refractivity contribution < 1.29 is 9.18 Å². The summed E-state index contributed by atoms with van der Waals surface area (Å²) in [6.45, 7) is 7.86. The third kappa shape index (κ3) is 3.33. The summed E-state index contributed by atoms with van der Waals surface area (Å²) >= 11 is 0. The van der Waals surface area contributed by atoms with Crippen molar-refractivity contribution in [3.05, 3.63) is 35.6 Å². The normalized spacial score (nSPS) is 29.8. The van der Waals surface area contributed by atoms with Crippen molar-refractivity contribution in [1.82, 2.24) is 15.1 Å². The van der Waals surface area contributed by atoms with Gasteiger partial charge in [-0.05, 0) is 38.8 Å². The molecule has 3 rings (SSSR count). The first kappa shape index (κ1) is 17.4. The molecule has 4 nitrogen and oxygen atoms in total. The third-order valence-electron chi connectivity index (χ3n) is 5.61. The highest BCUT2D eigenvalue weighted by molar-refractivity contribution is 5.82. The summed E-state index contributed by atoms with van der Waals surface area (Å²) in [5.74, 6) is 0.288. The van der Waals surface area contributed by atoms with E-state index in [1.54, 1.807) is 6.07 Å². The van der Waals surface area contributed by atoms with Crippen molar-refractivity contribution >= 4 is 5.91 Å². The van der Waals surface area contributed by atoms with E-state index in [1.165, 1.54) is 6.07 Å². The fourth-order valence-corrected chi connectivity index (χ4v) is 4.08. The number of benzene rings is 1. The summed E-state index contributed by atoms with van der Waals surface area (Å²) in [4.78, 5) is 17.3. The van der Waals surface area contributed by atoms with E-state index in [0.717, 1.165) is 39.0 Å². The van der Waals surface area contributed by atoms with Crippen molar-refractivity contribution in [2.45, 2.75) is 38.3 Å². The van der Waals surface area contributed by atoms with Crippen LogP contribution < -0.4 is 5.32 Å². The number of rotatable bonds is 4. The lowest BCUT2D eigenvalue weighted by Crippen LogP contribution is -2.60. The number of carbonyl (C=O) groups excluding carboxylic acids is 1. The van der Waals surface area contributed by atoms with Crippen LogP contribution in [0.15, 0.2) is 24.3 Å². The molecule has 0 aromatic heterocycles. The van der Waals surface area contributed by atoms with Gasteiger partial charge in [-0.1, -0.05) is 25.1 Å². The molecule has 24 heavy (non-hydrogen) atoms. The Morgan fingerprint density at radius 3 is 2.46 bits per heavy atom. The zero-order valence-electron chi connectivity index (χ0n) is 14.9. The summed E-state index contributed by atoms with van der Waals surface area (Å²) in [6, 6.07) is 6.65. The smallest absolute Gasteiger partial charge is 0.237 e. The lowest BCUT2D eigenvalue weighted by atomic mass is 9.65. The van der Waals surface area contributed by atoms with Gasteiger partial charge in [0.25, 0.3) is 0 Å². The average Bonchev–Trinajstić information content (AvgIpc) is 2.53. The molecule has 0 bridgehead atoms. The van der Waals surface area contributed by atoms with Gasteiger partial charge in [0.2, 0.25) is 5.91 Å². The van der Waals surface area contributed by atoms with Crippen LogP contribution in [0, 0.1) is 11.7 Å². The van der Waals surface area contributed by atoms with E-state index >= 15 is 0 Å². The monoisotopic (exact) mass is 333 g/mol.